The van der Waals surface area contributed by atoms with Crippen molar-refractivity contribution in [3.05, 3.63) is 0 Å². The number of primary amides is 1. The van der Waals surface area contributed by atoms with Crippen molar-refractivity contribution in [1.29, 1.82) is 0 Å². The van der Waals surface area contributed by atoms with Crippen molar-refractivity contribution in [1.82, 2.24) is 34.7 Å². The van der Waals surface area contributed by atoms with E-state index < -0.39 is 11.9 Å². The highest BCUT2D eigenvalue weighted by Crippen LogP contribution is 2.22. The summed E-state index contributed by atoms with van der Waals surface area (Å²) < 4.78 is 0. The minimum absolute atomic E-state index is 0.0763. The number of amides is 7. The number of nitrogens with two attached hydrogens (primary N) is 1. The molecule has 0 aliphatic rings. The number of nitrogens with one attached hydrogen (secondary N) is 1. The molecule has 4 atom stereocenters. The topological polar surface area (TPSA) is 217 Å². The summed E-state index contributed by atoms with van der Waals surface area (Å²) in [6, 6.07) is -0.697. The van der Waals surface area contributed by atoms with E-state index >= 15 is 14.4 Å². The molecule has 0 radical (unpaired) electrons. The molecule has 0 aromatic rings. The van der Waals surface area contributed by atoms with Gasteiger partial charge < -0.3 is 50.7 Å². The van der Waals surface area contributed by atoms with Gasteiger partial charge in [-0.3, -0.25) is 33.6 Å². The maximum atomic E-state index is 15.4. The highest BCUT2D eigenvalue weighted by Gasteiger charge is 2.32. The summed E-state index contributed by atoms with van der Waals surface area (Å²) in [4.78, 5) is 112. The second kappa shape index (κ2) is 57.8. The zero-order chi connectivity index (χ0) is 67.2. The molecule has 17 nitrogen and oxygen atoms in total. The van der Waals surface area contributed by atoms with Crippen molar-refractivity contribution in [2.24, 2.45) is 29.4 Å². The quantitative estimate of drug-likeness (QED) is 0.0422. The van der Waals surface area contributed by atoms with E-state index in [1.165, 1.54) is 69.1 Å². The summed E-state index contributed by atoms with van der Waals surface area (Å²) in [5, 5.41) is 22.6. The second-order valence-corrected chi connectivity index (χ2v) is 26.7. The van der Waals surface area contributed by atoms with Gasteiger partial charge in [0.1, 0.15) is 0 Å². The van der Waals surface area contributed by atoms with Crippen LogP contribution >= 0.6 is 0 Å². The number of nitrogens with zero attached hydrogens (tertiary/aromatic N) is 6. The van der Waals surface area contributed by atoms with Gasteiger partial charge in [0.05, 0.1) is 65.1 Å². The van der Waals surface area contributed by atoms with E-state index in [4.69, 9.17) is 5.73 Å². The Balaban J connectivity index is 7.58. The summed E-state index contributed by atoms with van der Waals surface area (Å²) in [6.45, 7) is 20.9. The Labute approximate surface area is 551 Å². The van der Waals surface area contributed by atoms with Crippen LogP contribution in [0.15, 0.2) is 0 Å². The summed E-state index contributed by atoms with van der Waals surface area (Å²) in [5.74, 6) is -2.24. The Bertz CT molecular complexity index is 1820. The summed E-state index contributed by atoms with van der Waals surface area (Å²) in [7, 11) is 0. The molecule has 528 valence electrons. The van der Waals surface area contributed by atoms with E-state index in [1.807, 2.05) is 0 Å². The van der Waals surface area contributed by atoms with Crippen LogP contribution in [0.3, 0.4) is 0 Å². The Hall–Kier alpha value is -3.83. The smallest absolute Gasteiger partial charge is 0.242 e. The fourth-order valence-electron chi connectivity index (χ4n) is 12.1. The number of aliphatic hydroxyl groups is 2. The van der Waals surface area contributed by atoms with Gasteiger partial charge in [0, 0.05) is 39.3 Å². The van der Waals surface area contributed by atoms with Crippen LogP contribution in [0.2, 0.25) is 0 Å². The number of carbonyl (C=O) groups is 7. The molecule has 0 aromatic heterocycles. The third-order valence-corrected chi connectivity index (χ3v) is 18.7. The monoisotopic (exact) mass is 1280 g/mol. The van der Waals surface area contributed by atoms with Crippen LogP contribution in [-0.2, 0) is 33.6 Å². The van der Waals surface area contributed by atoms with Crippen molar-refractivity contribution in [3.63, 3.8) is 0 Å². The molecule has 7 amide bonds. The van der Waals surface area contributed by atoms with Crippen LogP contribution < -0.4 is 11.1 Å². The van der Waals surface area contributed by atoms with Crippen molar-refractivity contribution >= 4 is 41.4 Å². The van der Waals surface area contributed by atoms with Gasteiger partial charge in [-0.25, -0.2) is 0 Å². The van der Waals surface area contributed by atoms with Gasteiger partial charge in [-0.1, -0.05) is 262 Å². The Morgan fingerprint density at radius 1 is 0.311 bits per heavy atom. The second-order valence-electron chi connectivity index (χ2n) is 26.7. The van der Waals surface area contributed by atoms with Crippen LogP contribution in [0.4, 0.5) is 0 Å². The first kappa shape index (κ1) is 86.2. The fourth-order valence-corrected chi connectivity index (χ4v) is 12.1. The molecule has 0 saturated heterocycles. The Morgan fingerprint density at radius 3 is 0.800 bits per heavy atom. The number of aliphatic hydroxyl groups excluding tert-OH is 2. The van der Waals surface area contributed by atoms with Gasteiger partial charge in [-0.05, 0) is 62.2 Å². The Kier molecular flexibility index (Phi) is 55.3. The number of carbonyl (C=O) groups excluding carboxylic acids is 7. The normalized spacial score (nSPS) is 12.8. The van der Waals surface area contributed by atoms with Gasteiger partial charge in [0.15, 0.2) is 0 Å². The zero-order valence-corrected chi connectivity index (χ0v) is 60.0. The molecular weight excluding hydrogens is 1130 g/mol. The predicted molar refractivity (Wildman–Crippen MR) is 372 cm³/mol. The molecule has 0 spiro atoms. The Morgan fingerprint density at radius 2 is 0.544 bits per heavy atom. The molecule has 0 saturated carbocycles. The number of hydrogen-bond donors (Lipinski definition) is 4. The van der Waals surface area contributed by atoms with E-state index in [9.17, 15) is 29.4 Å². The summed E-state index contributed by atoms with van der Waals surface area (Å²) in [6.07, 6.45) is 36.5. The molecule has 0 aliphatic carbocycles. The third kappa shape index (κ3) is 42.4. The largest absolute Gasteiger partial charge is 0.395 e. The maximum Gasteiger partial charge on any atom is 0.242 e. The van der Waals surface area contributed by atoms with Crippen LogP contribution in [0.1, 0.15) is 300 Å². The van der Waals surface area contributed by atoms with Crippen LogP contribution in [0.25, 0.3) is 0 Å². The maximum absolute atomic E-state index is 15.4. The summed E-state index contributed by atoms with van der Waals surface area (Å²) in [5.41, 5.74) is 5.78. The van der Waals surface area contributed by atoms with Gasteiger partial charge in [-0.15, -0.1) is 0 Å². The lowest BCUT2D eigenvalue weighted by atomic mass is 9.98. The molecule has 0 bridgehead atoms. The first-order valence-corrected chi connectivity index (χ1v) is 37.4. The molecular formula is C73H142N8O9. The average molecular weight is 1280 g/mol. The average Bonchev–Trinajstić information content (AvgIpc) is 1.64. The van der Waals surface area contributed by atoms with Gasteiger partial charge in [0.25, 0.3) is 0 Å². The standard InChI is InChI=1S/C73H142N8O9/c1-11-21-27-29-31-33-35-37-39-41-47-76(55-71(88)78(54-67(74)84)50-62(17-7)43-23-13-3)70(87)58-80(52-64(19-9)45-25-15-5)73(90)59-81(53-65(20-10)46-26-16-6)72(89)56-77(48-42-40-38-36-34-32-30-28-22-12-2)69(86)57-79(51-63(18-8)44-24-14-4)68(85)49-75-66(60-82)61-83/h62-66,75,82-83H,11-61H2,1-10H3,(H2,74,84). The first-order valence-electron chi connectivity index (χ1n) is 37.4. The molecule has 0 aliphatic heterocycles. The number of unbranched alkanes of at least 4 members (excludes halogenated alkanes) is 22. The highest BCUT2D eigenvalue weighted by molar-refractivity contribution is 5.93. The minimum Gasteiger partial charge on any atom is -0.395 e. The number of rotatable bonds is 63. The van der Waals surface area contributed by atoms with Gasteiger partial charge in [0.2, 0.25) is 41.4 Å². The lowest BCUT2D eigenvalue weighted by Crippen LogP contribution is -2.53. The van der Waals surface area contributed by atoms with E-state index in [-0.39, 0.29) is 118 Å². The summed E-state index contributed by atoms with van der Waals surface area (Å²) >= 11 is 0. The molecule has 0 fully saturated rings. The third-order valence-electron chi connectivity index (χ3n) is 18.7. The van der Waals surface area contributed by atoms with E-state index in [0.717, 1.165) is 154 Å². The molecule has 90 heavy (non-hydrogen) atoms. The SMILES string of the molecule is CCCCCCCCCCCCN(CC(=O)N(CC(=O)N(CC(=O)N(CCCCCCCCCCCC)CC(=O)N(CC(N)=O)CC(CC)CCCC)CC(CC)CCCC)CC(CC)CCCC)C(=O)CN(CC(CC)CCCC)C(=O)CNC(CO)CO. The lowest BCUT2D eigenvalue weighted by molar-refractivity contribution is -0.148. The molecule has 0 aromatic carbocycles. The lowest BCUT2D eigenvalue weighted by Gasteiger charge is -2.35. The van der Waals surface area contributed by atoms with Gasteiger partial charge in [-0.2, -0.15) is 0 Å². The van der Waals surface area contributed by atoms with Crippen LogP contribution in [0, 0.1) is 23.7 Å². The van der Waals surface area contributed by atoms with Crippen molar-refractivity contribution in [2.45, 2.75) is 306 Å². The van der Waals surface area contributed by atoms with Crippen molar-refractivity contribution < 1.29 is 43.8 Å². The zero-order valence-electron chi connectivity index (χ0n) is 60.0. The van der Waals surface area contributed by atoms with Crippen LogP contribution in [0.5, 0.6) is 0 Å². The van der Waals surface area contributed by atoms with E-state index in [2.05, 4.69) is 74.6 Å². The molecule has 5 N–H and O–H groups in total. The minimum atomic E-state index is -0.697. The molecule has 4 unspecified atom stereocenters. The van der Waals surface area contributed by atoms with Crippen molar-refractivity contribution in [3.8, 4) is 0 Å². The predicted octanol–water partition coefficient (Wildman–Crippen LogP) is 13.1. The first-order chi connectivity index (χ1) is 43.5. The van der Waals surface area contributed by atoms with Crippen molar-refractivity contribution in [2.75, 3.05) is 98.3 Å². The molecule has 0 rings (SSSR count). The number of hydrogen-bond acceptors (Lipinski definition) is 10. The van der Waals surface area contributed by atoms with Gasteiger partial charge >= 0.3 is 0 Å². The molecule has 0 heterocycles. The van der Waals surface area contributed by atoms with E-state index in [0.29, 0.717) is 52.1 Å². The fraction of sp³-hybridized carbons (Fsp3) is 0.904. The molecule has 17 heteroatoms. The van der Waals surface area contributed by atoms with Crippen LogP contribution in [-0.4, -0.2) is 185 Å². The van der Waals surface area contributed by atoms with E-state index in [1.54, 1.807) is 24.5 Å². The highest BCUT2D eigenvalue weighted by atomic mass is 16.3.